The van der Waals surface area contributed by atoms with E-state index in [1.165, 1.54) is 12.1 Å². The standard InChI is InChI=1S/C11H7ClFN5O3/c12-11-15-5-8(18(20)21)9(16-11)17(14)10(19)6-1-3-7(13)4-2-6/h1-5H,14H2. The van der Waals surface area contributed by atoms with Crippen molar-refractivity contribution in [3.05, 3.63) is 57.2 Å². The molecule has 0 saturated heterocycles. The third kappa shape index (κ3) is 3.09. The van der Waals surface area contributed by atoms with Gasteiger partial charge in [0.1, 0.15) is 12.0 Å². The molecule has 0 fully saturated rings. The molecule has 0 unspecified atom stereocenters. The summed E-state index contributed by atoms with van der Waals surface area (Å²) >= 11 is 5.55. The molecule has 8 nitrogen and oxygen atoms in total. The van der Waals surface area contributed by atoms with E-state index in [9.17, 15) is 19.3 Å². The van der Waals surface area contributed by atoms with Gasteiger partial charge in [-0.15, -0.1) is 0 Å². The maximum absolute atomic E-state index is 12.8. The summed E-state index contributed by atoms with van der Waals surface area (Å²) in [6.45, 7) is 0. The van der Waals surface area contributed by atoms with Gasteiger partial charge < -0.3 is 0 Å². The van der Waals surface area contributed by atoms with E-state index in [1.54, 1.807) is 0 Å². The number of hydrogen-bond acceptors (Lipinski definition) is 6. The average Bonchev–Trinajstić information content (AvgIpc) is 2.46. The summed E-state index contributed by atoms with van der Waals surface area (Å²) in [5.41, 5.74) is -0.555. The molecule has 0 aliphatic rings. The van der Waals surface area contributed by atoms with E-state index in [1.807, 2.05) is 0 Å². The Kier molecular flexibility index (Phi) is 4.05. The summed E-state index contributed by atoms with van der Waals surface area (Å²) in [6.07, 6.45) is 0.836. The van der Waals surface area contributed by atoms with Gasteiger partial charge in [-0.25, -0.2) is 20.2 Å². The highest BCUT2D eigenvalue weighted by atomic mass is 35.5. The molecule has 21 heavy (non-hydrogen) atoms. The minimum atomic E-state index is -0.812. The fraction of sp³-hybridized carbons (Fsp3) is 0. The van der Waals surface area contributed by atoms with Crippen molar-refractivity contribution in [2.24, 2.45) is 5.84 Å². The minimum Gasteiger partial charge on any atom is -0.267 e. The number of carbonyl (C=O) groups is 1. The van der Waals surface area contributed by atoms with Crippen molar-refractivity contribution < 1.29 is 14.1 Å². The van der Waals surface area contributed by atoms with Gasteiger partial charge in [0.2, 0.25) is 11.1 Å². The van der Waals surface area contributed by atoms with Crippen molar-refractivity contribution in [3.63, 3.8) is 0 Å². The van der Waals surface area contributed by atoms with Crippen molar-refractivity contribution >= 4 is 29.0 Å². The van der Waals surface area contributed by atoms with Crippen molar-refractivity contribution in [1.29, 1.82) is 0 Å². The van der Waals surface area contributed by atoms with E-state index in [0.29, 0.717) is 5.01 Å². The second-order valence-corrected chi connectivity index (χ2v) is 4.13. The SMILES string of the molecule is NN(C(=O)c1ccc(F)cc1)c1nc(Cl)ncc1[N+](=O)[O-]. The maximum atomic E-state index is 12.8. The number of anilines is 1. The van der Waals surface area contributed by atoms with Gasteiger partial charge in [0.05, 0.1) is 4.92 Å². The molecule has 108 valence electrons. The molecule has 0 aliphatic carbocycles. The van der Waals surface area contributed by atoms with Gasteiger partial charge in [0.15, 0.2) is 0 Å². The Hall–Kier alpha value is -2.65. The van der Waals surface area contributed by atoms with E-state index >= 15 is 0 Å². The number of rotatable bonds is 3. The van der Waals surface area contributed by atoms with Crippen LogP contribution in [0.1, 0.15) is 10.4 Å². The van der Waals surface area contributed by atoms with Crippen LogP contribution in [0.2, 0.25) is 5.28 Å². The average molecular weight is 312 g/mol. The number of aromatic nitrogens is 2. The lowest BCUT2D eigenvalue weighted by Crippen LogP contribution is -2.38. The summed E-state index contributed by atoms with van der Waals surface area (Å²) in [6, 6.07) is 4.49. The zero-order chi connectivity index (χ0) is 15.6. The van der Waals surface area contributed by atoms with Crippen LogP contribution in [-0.2, 0) is 0 Å². The molecule has 0 aliphatic heterocycles. The molecule has 2 N–H and O–H groups in total. The van der Waals surface area contributed by atoms with Crippen molar-refractivity contribution in [2.45, 2.75) is 0 Å². The summed E-state index contributed by atoms with van der Waals surface area (Å²) in [5.74, 6) is 3.74. The highest BCUT2D eigenvalue weighted by Gasteiger charge is 2.26. The first kappa shape index (κ1) is 14.8. The van der Waals surface area contributed by atoms with Crippen LogP contribution in [-0.4, -0.2) is 20.8 Å². The first-order valence-electron chi connectivity index (χ1n) is 5.42. The number of hydrogen-bond donors (Lipinski definition) is 1. The quantitative estimate of drug-likeness (QED) is 0.303. The van der Waals surface area contributed by atoms with Gasteiger partial charge in [0, 0.05) is 5.56 Å². The molecule has 0 saturated carbocycles. The Morgan fingerprint density at radius 2 is 2.00 bits per heavy atom. The highest BCUT2D eigenvalue weighted by molar-refractivity contribution is 6.28. The van der Waals surface area contributed by atoms with Crippen molar-refractivity contribution in [1.82, 2.24) is 9.97 Å². The number of hydrazine groups is 1. The molecule has 0 bridgehead atoms. The summed E-state index contributed by atoms with van der Waals surface area (Å²) in [5, 5.41) is 11.0. The lowest BCUT2D eigenvalue weighted by atomic mass is 10.2. The second kappa shape index (κ2) is 5.77. The second-order valence-electron chi connectivity index (χ2n) is 3.79. The molecule has 0 atom stereocenters. The predicted octanol–water partition coefficient (Wildman–Crippen LogP) is 1.70. The molecule has 2 rings (SSSR count). The van der Waals surface area contributed by atoms with Crippen LogP contribution in [0.3, 0.4) is 0 Å². The van der Waals surface area contributed by atoms with Crippen LogP contribution in [0.4, 0.5) is 15.9 Å². The summed E-state index contributed by atoms with van der Waals surface area (Å²) in [4.78, 5) is 29.2. The molecule has 0 spiro atoms. The number of nitrogens with zero attached hydrogens (tertiary/aromatic N) is 4. The zero-order valence-electron chi connectivity index (χ0n) is 10.2. The molecular weight excluding hydrogens is 305 g/mol. The van der Waals surface area contributed by atoms with E-state index < -0.39 is 28.2 Å². The van der Waals surface area contributed by atoms with Crippen LogP contribution in [0.15, 0.2) is 30.5 Å². The van der Waals surface area contributed by atoms with Gasteiger partial charge in [-0.3, -0.25) is 14.9 Å². The Labute approximate surface area is 122 Å². The largest absolute Gasteiger partial charge is 0.331 e. The number of benzene rings is 1. The van der Waals surface area contributed by atoms with Crippen molar-refractivity contribution in [2.75, 3.05) is 5.01 Å². The van der Waals surface area contributed by atoms with E-state index in [0.717, 1.165) is 18.3 Å². The molecule has 1 aromatic carbocycles. The first-order chi connectivity index (χ1) is 9.90. The Morgan fingerprint density at radius 1 is 1.38 bits per heavy atom. The zero-order valence-corrected chi connectivity index (χ0v) is 11.0. The monoisotopic (exact) mass is 311 g/mol. The lowest BCUT2D eigenvalue weighted by Gasteiger charge is -2.15. The Morgan fingerprint density at radius 3 is 2.57 bits per heavy atom. The summed E-state index contributed by atoms with van der Waals surface area (Å²) in [7, 11) is 0. The van der Waals surface area contributed by atoms with Gasteiger partial charge in [0.25, 0.3) is 5.91 Å². The fourth-order valence-electron chi connectivity index (χ4n) is 1.48. The molecule has 1 amide bonds. The summed E-state index contributed by atoms with van der Waals surface area (Å²) < 4.78 is 12.8. The Balaban J connectivity index is 2.41. The smallest absolute Gasteiger partial charge is 0.267 e. The van der Waals surface area contributed by atoms with E-state index in [2.05, 4.69) is 9.97 Å². The number of nitro groups is 1. The minimum absolute atomic E-state index is 0.0305. The Bertz CT molecular complexity index is 710. The third-order valence-corrected chi connectivity index (χ3v) is 2.64. The molecule has 1 aromatic heterocycles. The number of nitrogens with two attached hydrogens (primary N) is 1. The van der Waals surface area contributed by atoms with E-state index in [4.69, 9.17) is 17.4 Å². The molecule has 0 radical (unpaired) electrons. The third-order valence-electron chi connectivity index (χ3n) is 2.46. The van der Waals surface area contributed by atoms with Crippen molar-refractivity contribution in [3.8, 4) is 0 Å². The van der Waals surface area contributed by atoms with Crippen LogP contribution in [0.5, 0.6) is 0 Å². The van der Waals surface area contributed by atoms with Crippen LogP contribution < -0.4 is 10.9 Å². The normalized spacial score (nSPS) is 10.2. The topological polar surface area (TPSA) is 115 Å². The van der Waals surface area contributed by atoms with Crippen LogP contribution in [0, 0.1) is 15.9 Å². The highest BCUT2D eigenvalue weighted by Crippen LogP contribution is 2.25. The number of halogens is 2. The lowest BCUT2D eigenvalue weighted by molar-refractivity contribution is -0.384. The van der Waals surface area contributed by atoms with Gasteiger partial charge in [-0.1, -0.05) is 0 Å². The van der Waals surface area contributed by atoms with E-state index in [-0.39, 0.29) is 10.8 Å². The molecule has 10 heteroatoms. The number of carbonyl (C=O) groups excluding carboxylic acids is 1. The van der Waals surface area contributed by atoms with Gasteiger partial charge in [-0.2, -0.15) is 4.98 Å². The maximum Gasteiger partial charge on any atom is 0.331 e. The van der Waals surface area contributed by atoms with Crippen LogP contribution in [0.25, 0.3) is 0 Å². The molecule has 2 aromatic rings. The molecule has 1 heterocycles. The van der Waals surface area contributed by atoms with Gasteiger partial charge >= 0.3 is 5.69 Å². The predicted molar refractivity (Wildman–Crippen MR) is 71.1 cm³/mol. The number of amides is 1. The fourth-order valence-corrected chi connectivity index (χ4v) is 1.61. The van der Waals surface area contributed by atoms with Crippen LogP contribution >= 0.6 is 11.6 Å². The first-order valence-corrected chi connectivity index (χ1v) is 5.79. The molecular formula is C11H7ClFN5O3. The van der Waals surface area contributed by atoms with Gasteiger partial charge in [-0.05, 0) is 35.9 Å².